The number of hydrogen-bond acceptors (Lipinski definition) is 1. The van der Waals surface area contributed by atoms with Gasteiger partial charge in [-0.25, -0.2) is 4.98 Å². The Morgan fingerprint density at radius 1 is 0.429 bits per heavy atom. The molecule has 0 aliphatic heterocycles. The monoisotopic (exact) mass is 535 g/mol. The van der Waals surface area contributed by atoms with E-state index in [-0.39, 0.29) is 0 Å². The molecule has 0 bridgehead atoms. The molecule has 9 aromatic rings. The SMILES string of the molecule is c1ccc(-c2cnc(-n3c4ccccc4c4c5ccc6c(ccn6-c6ccccc6)c5ccc43)c3ccccc23)cc1. The predicted octanol–water partition coefficient (Wildman–Crippen LogP) is 10.1. The molecule has 0 aliphatic carbocycles. The van der Waals surface area contributed by atoms with Crippen LogP contribution in [0.2, 0.25) is 0 Å². The molecule has 3 aromatic heterocycles. The third-order valence-electron chi connectivity index (χ3n) is 8.61. The van der Waals surface area contributed by atoms with Crippen LogP contribution in [0, 0.1) is 0 Å². The minimum absolute atomic E-state index is 0.951. The number of benzene rings is 6. The first-order valence-corrected chi connectivity index (χ1v) is 14.3. The van der Waals surface area contributed by atoms with E-state index >= 15 is 0 Å². The average molecular weight is 536 g/mol. The fourth-order valence-electron chi connectivity index (χ4n) is 6.75. The van der Waals surface area contributed by atoms with Gasteiger partial charge in [-0.1, -0.05) is 103 Å². The summed E-state index contributed by atoms with van der Waals surface area (Å²) < 4.78 is 4.62. The third kappa shape index (κ3) is 3.25. The van der Waals surface area contributed by atoms with Crippen LogP contribution in [0.4, 0.5) is 0 Å². The summed E-state index contributed by atoms with van der Waals surface area (Å²) in [5.74, 6) is 0.951. The van der Waals surface area contributed by atoms with Gasteiger partial charge in [0.05, 0.1) is 16.6 Å². The van der Waals surface area contributed by atoms with Crippen LogP contribution in [0.15, 0.2) is 152 Å². The van der Waals surface area contributed by atoms with Crippen LogP contribution in [-0.2, 0) is 0 Å². The molecule has 0 saturated carbocycles. The van der Waals surface area contributed by atoms with Crippen LogP contribution < -0.4 is 0 Å². The van der Waals surface area contributed by atoms with Crippen LogP contribution in [0.3, 0.4) is 0 Å². The van der Waals surface area contributed by atoms with Crippen LogP contribution in [0.5, 0.6) is 0 Å². The number of rotatable bonds is 3. The van der Waals surface area contributed by atoms with E-state index in [4.69, 9.17) is 4.98 Å². The highest BCUT2D eigenvalue weighted by Crippen LogP contribution is 2.41. The van der Waals surface area contributed by atoms with Crippen molar-refractivity contribution in [2.24, 2.45) is 0 Å². The van der Waals surface area contributed by atoms with Crippen molar-refractivity contribution >= 4 is 54.3 Å². The third-order valence-corrected chi connectivity index (χ3v) is 8.61. The lowest BCUT2D eigenvalue weighted by molar-refractivity contribution is 1.10. The molecule has 6 aromatic carbocycles. The topological polar surface area (TPSA) is 22.8 Å². The molecule has 0 aliphatic rings. The molecule has 0 atom stereocenters. The van der Waals surface area contributed by atoms with E-state index < -0.39 is 0 Å². The highest BCUT2D eigenvalue weighted by molar-refractivity contribution is 6.25. The van der Waals surface area contributed by atoms with Crippen molar-refractivity contribution in [2.45, 2.75) is 0 Å². The average Bonchev–Trinajstić information content (AvgIpc) is 3.65. The first-order chi connectivity index (χ1) is 20.9. The Labute approximate surface area is 242 Å². The zero-order valence-electron chi connectivity index (χ0n) is 22.8. The van der Waals surface area contributed by atoms with Crippen LogP contribution in [0.1, 0.15) is 0 Å². The molecule has 42 heavy (non-hydrogen) atoms. The Bertz CT molecular complexity index is 2450. The van der Waals surface area contributed by atoms with Gasteiger partial charge in [0.1, 0.15) is 5.82 Å². The Morgan fingerprint density at radius 3 is 1.93 bits per heavy atom. The van der Waals surface area contributed by atoms with Gasteiger partial charge >= 0.3 is 0 Å². The van der Waals surface area contributed by atoms with Crippen molar-refractivity contribution in [3.63, 3.8) is 0 Å². The summed E-state index contributed by atoms with van der Waals surface area (Å²) in [7, 11) is 0. The number of nitrogens with zero attached hydrogens (tertiary/aromatic N) is 3. The number of fused-ring (bicyclic) bond motifs is 8. The van der Waals surface area contributed by atoms with Gasteiger partial charge in [0.2, 0.25) is 0 Å². The maximum atomic E-state index is 5.15. The van der Waals surface area contributed by atoms with Crippen molar-refractivity contribution in [2.75, 3.05) is 0 Å². The van der Waals surface area contributed by atoms with E-state index in [1.165, 1.54) is 49.1 Å². The first kappa shape index (κ1) is 23.1. The smallest absolute Gasteiger partial charge is 0.145 e. The fraction of sp³-hybridized carbons (Fsp3) is 0. The normalized spacial score (nSPS) is 11.8. The van der Waals surface area contributed by atoms with Gasteiger partial charge in [-0.15, -0.1) is 0 Å². The molecule has 196 valence electrons. The van der Waals surface area contributed by atoms with Crippen LogP contribution in [-0.4, -0.2) is 14.1 Å². The summed E-state index contributed by atoms with van der Waals surface area (Å²) >= 11 is 0. The lowest BCUT2D eigenvalue weighted by Crippen LogP contribution is -1.99. The molecule has 9 rings (SSSR count). The van der Waals surface area contributed by atoms with E-state index in [9.17, 15) is 0 Å². The summed E-state index contributed by atoms with van der Waals surface area (Å²) in [6, 6.07) is 49.8. The number of aromatic nitrogens is 3. The maximum absolute atomic E-state index is 5.15. The Kier molecular flexibility index (Phi) is 4.90. The predicted molar refractivity (Wildman–Crippen MR) is 176 cm³/mol. The first-order valence-electron chi connectivity index (χ1n) is 14.3. The zero-order chi connectivity index (χ0) is 27.6. The highest BCUT2D eigenvalue weighted by atomic mass is 15.1. The molecule has 0 radical (unpaired) electrons. The molecular weight excluding hydrogens is 510 g/mol. The fourth-order valence-corrected chi connectivity index (χ4v) is 6.75. The molecule has 3 nitrogen and oxygen atoms in total. The van der Waals surface area contributed by atoms with Gasteiger partial charge < -0.3 is 4.57 Å². The molecule has 0 saturated heterocycles. The second kappa shape index (κ2) is 8.92. The van der Waals surface area contributed by atoms with Gasteiger partial charge in [-0.05, 0) is 58.1 Å². The van der Waals surface area contributed by atoms with Gasteiger partial charge in [0.25, 0.3) is 0 Å². The van der Waals surface area contributed by atoms with E-state index in [0.29, 0.717) is 0 Å². The summed E-state index contributed by atoms with van der Waals surface area (Å²) in [4.78, 5) is 5.15. The van der Waals surface area contributed by atoms with Crippen LogP contribution in [0.25, 0.3) is 76.9 Å². The Morgan fingerprint density at radius 2 is 1.10 bits per heavy atom. The van der Waals surface area contributed by atoms with Crippen molar-refractivity contribution < 1.29 is 0 Å². The minimum atomic E-state index is 0.951. The Hall–Kier alpha value is -5.67. The van der Waals surface area contributed by atoms with Crippen molar-refractivity contribution in [3.05, 3.63) is 152 Å². The largest absolute Gasteiger partial charge is 0.317 e. The highest BCUT2D eigenvalue weighted by Gasteiger charge is 2.19. The zero-order valence-corrected chi connectivity index (χ0v) is 22.8. The molecule has 0 fully saturated rings. The molecule has 0 amide bonds. The summed E-state index contributed by atoms with van der Waals surface area (Å²) in [5.41, 5.74) is 7.02. The lowest BCUT2D eigenvalue weighted by atomic mass is 10.0. The standard InChI is InChI=1S/C39H25N3/c1-3-11-26(12-4-1)34-25-40-39(32-16-8-7-15-28(32)34)42-36-18-10-9-17-33(36)38-31-20-21-35-30(29(31)19-22-37(38)42)23-24-41(35)27-13-5-2-6-14-27/h1-25H. The summed E-state index contributed by atoms with van der Waals surface area (Å²) in [6.07, 6.45) is 4.21. The van der Waals surface area contributed by atoms with E-state index in [2.05, 4.69) is 155 Å². The molecular formula is C39H25N3. The second-order valence-corrected chi connectivity index (χ2v) is 10.8. The van der Waals surface area contributed by atoms with E-state index in [1.54, 1.807) is 0 Å². The maximum Gasteiger partial charge on any atom is 0.145 e. The molecule has 0 unspecified atom stereocenters. The summed E-state index contributed by atoms with van der Waals surface area (Å²) in [6.45, 7) is 0. The van der Waals surface area contributed by atoms with Crippen LogP contribution >= 0.6 is 0 Å². The Balaban J connectivity index is 1.35. The van der Waals surface area contributed by atoms with Crippen molar-refractivity contribution in [1.29, 1.82) is 0 Å². The summed E-state index contributed by atoms with van der Waals surface area (Å²) in [5, 5.41) is 8.60. The molecule has 0 spiro atoms. The molecule has 3 heteroatoms. The van der Waals surface area contributed by atoms with Gasteiger partial charge in [0, 0.05) is 45.2 Å². The van der Waals surface area contributed by atoms with Gasteiger partial charge in [-0.3, -0.25) is 4.57 Å². The van der Waals surface area contributed by atoms with Gasteiger partial charge in [-0.2, -0.15) is 0 Å². The van der Waals surface area contributed by atoms with E-state index in [1.807, 2.05) is 6.20 Å². The minimum Gasteiger partial charge on any atom is -0.317 e. The van der Waals surface area contributed by atoms with Crippen molar-refractivity contribution in [1.82, 2.24) is 14.1 Å². The number of pyridine rings is 1. The molecule has 3 heterocycles. The van der Waals surface area contributed by atoms with Crippen molar-refractivity contribution in [3.8, 4) is 22.6 Å². The van der Waals surface area contributed by atoms with Gasteiger partial charge in [0.15, 0.2) is 0 Å². The van der Waals surface area contributed by atoms with E-state index in [0.717, 1.165) is 27.8 Å². The number of hydrogen-bond donors (Lipinski definition) is 0. The molecule has 0 N–H and O–H groups in total. The lowest BCUT2D eigenvalue weighted by Gasteiger charge is -2.14. The number of para-hydroxylation sites is 2. The second-order valence-electron chi connectivity index (χ2n) is 10.8. The quantitative estimate of drug-likeness (QED) is 0.221.